The largest absolute Gasteiger partial charge is 2.00 e. The van der Waals surface area contributed by atoms with Gasteiger partial charge in [0.25, 0.3) is 0 Å². The molecular formula is C19H15FeN. The molecule has 0 spiro atoms. The fraction of sp³-hybridized carbons (Fsp3) is 0. The van der Waals surface area contributed by atoms with E-state index in [0.717, 1.165) is 11.4 Å². The van der Waals surface area contributed by atoms with E-state index in [1.807, 2.05) is 60.7 Å². The molecule has 0 N–H and O–H groups in total. The van der Waals surface area contributed by atoms with Gasteiger partial charge in [-0.05, 0) is 11.1 Å². The Balaban J connectivity index is 0.000000231. The molecule has 1 nitrogen and oxygen atoms in total. The Morgan fingerprint density at radius 1 is 0.762 bits per heavy atom. The van der Waals surface area contributed by atoms with Crippen LogP contribution in [0.25, 0.3) is 11.4 Å². The molecule has 0 amide bonds. The second-order valence-electron chi connectivity index (χ2n) is 4.53. The molecule has 2 aliphatic rings. The van der Waals surface area contributed by atoms with Crippen molar-refractivity contribution in [3.05, 3.63) is 107 Å². The number of nitrogens with zero attached hydrogens (tertiary/aromatic N) is 1. The van der Waals surface area contributed by atoms with Gasteiger partial charge in [0.05, 0.1) is 0 Å². The van der Waals surface area contributed by atoms with Gasteiger partial charge in [-0.1, -0.05) is 60.7 Å². The van der Waals surface area contributed by atoms with Crippen molar-refractivity contribution in [2.24, 2.45) is 0 Å². The van der Waals surface area contributed by atoms with Crippen LogP contribution < -0.4 is 0 Å². The molecule has 0 unspecified atom stereocenters. The van der Waals surface area contributed by atoms with Crippen LogP contribution in [0.15, 0.2) is 96.2 Å². The summed E-state index contributed by atoms with van der Waals surface area (Å²) in [4.78, 5) is 0. The van der Waals surface area contributed by atoms with Gasteiger partial charge in [-0.2, -0.15) is 18.2 Å². The topological polar surface area (TPSA) is 14.1 Å². The van der Waals surface area contributed by atoms with E-state index in [2.05, 4.69) is 35.7 Å². The van der Waals surface area contributed by atoms with Crippen molar-refractivity contribution in [1.82, 2.24) is 0 Å². The molecule has 0 fully saturated rings. The van der Waals surface area contributed by atoms with Crippen molar-refractivity contribution in [2.45, 2.75) is 0 Å². The smallest absolute Gasteiger partial charge is 0.657 e. The zero-order valence-corrected chi connectivity index (χ0v) is 12.6. The molecule has 0 radical (unpaired) electrons. The van der Waals surface area contributed by atoms with Crippen molar-refractivity contribution in [2.75, 3.05) is 0 Å². The molecule has 0 aromatic heterocycles. The number of benzene rings is 1. The average Bonchev–Trinajstić information content (AvgIpc) is 3.22. The van der Waals surface area contributed by atoms with Crippen molar-refractivity contribution in [3.8, 4) is 0 Å². The monoisotopic (exact) mass is 313 g/mol. The van der Waals surface area contributed by atoms with Crippen LogP contribution in [0.5, 0.6) is 0 Å². The van der Waals surface area contributed by atoms with E-state index in [1.54, 1.807) is 0 Å². The van der Waals surface area contributed by atoms with Gasteiger partial charge in [0.15, 0.2) is 0 Å². The van der Waals surface area contributed by atoms with Crippen LogP contribution in [-0.4, -0.2) is 0 Å². The summed E-state index contributed by atoms with van der Waals surface area (Å²) in [5.74, 6) is 0. The molecule has 1 heterocycles. The molecule has 0 atom stereocenters. The van der Waals surface area contributed by atoms with E-state index in [9.17, 15) is 0 Å². The van der Waals surface area contributed by atoms with Gasteiger partial charge in [-0.3, -0.25) is 0 Å². The fourth-order valence-electron chi connectivity index (χ4n) is 2.09. The van der Waals surface area contributed by atoms with Crippen LogP contribution in [0, 0.1) is 0 Å². The van der Waals surface area contributed by atoms with Crippen LogP contribution in [0.2, 0.25) is 0 Å². The van der Waals surface area contributed by atoms with Crippen molar-refractivity contribution >= 4 is 11.8 Å². The zero-order valence-electron chi connectivity index (χ0n) is 11.5. The van der Waals surface area contributed by atoms with Crippen LogP contribution in [0.4, 0.5) is 5.69 Å². The molecule has 1 aliphatic heterocycles. The van der Waals surface area contributed by atoms with Gasteiger partial charge >= 0.3 is 17.1 Å². The third kappa shape index (κ3) is 3.91. The first-order valence-electron chi connectivity index (χ1n) is 6.68. The molecule has 21 heavy (non-hydrogen) atoms. The Morgan fingerprint density at radius 3 is 2.14 bits per heavy atom. The summed E-state index contributed by atoms with van der Waals surface area (Å²) >= 11 is 0. The number of para-hydroxylation sites is 1. The summed E-state index contributed by atoms with van der Waals surface area (Å²) in [6, 6.07) is 18.2. The summed E-state index contributed by atoms with van der Waals surface area (Å²) in [7, 11) is 0. The predicted molar refractivity (Wildman–Crippen MR) is 85.8 cm³/mol. The van der Waals surface area contributed by atoms with Gasteiger partial charge in [-0.25, -0.2) is 12.1 Å². The molecule has 0 bridgehead atoms. The van der Waals surface area contributed by atoms with E-state index in [0.29, 0.717) is 0 Å². The standard InChI is InChI=1S/C14H10N.C5H5.Fe/c1-2-6-11(5-1)14-10-9-12-7-3-4-8-13(12)15-14;1-2-4-5-3-1;/h1-10H;1-5H;/q2*-1;+2. The molecule has 2 heteroatoms. The summed E-state index contributed by atoms with van der Waals surface area (Å²) in [6.07, 6.45) is 12.4. The van der Waals surface area contributed by atoms with Gasteiger partial charge in [0.1, 0.15) is 0 Å². The number of hydrogen-bond acceptors (Lipinski definition) is 0. The fourth-order valence-corrected chi connectivity index (χ4v) is 2.09. The number of rotatable bonds is 0. The third-order valence-electron chi connectivity index (χ3n) is 3.11. The molecule has 2 aromatic rings. The Bertz CT molecular complexity index is 657. The Hall–Kier alpha value is -2.15. The Morgan fingerprint density at radius 2 is 1.48 bits per heavy atom. The summed E-state index contributed by atoms with van der Waals surface area (Å²) < 4.78 is 0. The van der Waals surface area contributed by atoms with E-state index in [-0.39, 0.29) is 17.1 Å². The van der Waals surface area contributed by atoms with Gasteiger partial charge in [-0.15, -0.1) is 11.4 Å². The SMILES string of the molecule is C1=CC(=C2C=Cc3ccccc3[N-]2)C=C1.[Fe+2].c1cc[cH-]c1. The number of hydrogen-bond donors (Lipinski definition) is 0. The first-order chi connectivity index (χ1) is 9.93. The van der Waals surface area contributed by atoms with Gasteiger partial charge in [0, 0.05) is 0 Å². The normalized spacial score (nSPS) is 13.9. The van der Waals surface area contributed by atoms with Crippen molar-refractivity contribution in [1.29, 1.82) is 0 Å². The first kappa shape index (κ1) is 15.2. The first-order valence-corrected chi connectivity index (χ1v) is 6.68. The zero-order chi connectivity index (χ0) is 13.6. The minimum Gasteiger partial charge on any atom is -0.657 e. The van der Waals surface area contributed by atoms with E-state index in [4.69, 9.17) is 0 Å². The average molecular weight is 313 g/mol. The predicted octanol–water partition coefficient (Wildman–Crippen LogP) is 5.50. The van der Waals surface area contributed by atoms with Crippen LogP contribution in [0.3, 0.4) is 0 Å². The summed E-state index contributed by atoms with van der Waals surface area (Å²) in [5, 5.41) is 4.62. The molecule has 2 aromatic carbocycles. The maximum atomic E-state index is 4.62. The maximum absolute atomic E-state index is 4.62. The molecule has 1 aliphatic carbocycles. The Labute approximate surface area is 136 Å². The van der Waals surface area contributed by atoms with E-state index in [1.165, 1.54) is 11.1 Å². The molecule has 4 rings (SSSR count). The van der Waals surface area contributed by atoms with Crippen LogP contribution >= 0.6 is 0 Å². The third-order valence-corrected chi connectivity index (χ3v) is 3.11. The second-order valence-corrected chi connectivity index (χ2v) is 4.53. The molecule has 104 valence electrons. The summed E-state index contributed by atoms with van der Waals surface area (Å²) in [5.41, 5.74) is 4.46. The molecule has 0 saturated carbocycles. The van der Waals surface area contributed by atoms with Gasteiger partial charge in [0.2, 0.25) is 0 Å². The minimum atomic E-state index is 0. The molecular weight excluding hydrogens is 298 g/mol. The maximum Gasteiger partial charge on any atom is 2.00 e. The second kappa shape index (κ2) is 7.58. The van der Waals surface area contributed by atoms with E-state index >= 15 is 0 Å². The quantitative estimate of drug-likeness (QED) is 0.450. The van der Waals surface area contributed by atoms with Crippen LogP contribution in [0.1, 0.15) is 5.56 Å². The van der Waals surface area contributed by atoms with E-state index < -0.39 is 0 Å². The van der Waals surface area contributed by atoms with Gasteiger partial charge < -0.3 is 5.32 Å². The minimum absolute atomic E-state index is 0. The van der Waals surface area contributed by atoms with Crippen molar-refractivity contribution in [3.63, 3.8) is 0 Å². The number of allylic oxidation sites excluding steroid dienone is 6. The molecule has 0 saturated heterocycles. The van der Waals surface area contributed by atoms with Crippen molar-refractivity contribution < 1.29 is 17.1 Å². The van der Waals surface area contributed by atoms with Crippen LogP contribution in [-0.2, 0) is 17.1 Å². The Kier molecular flexibility index (Phi) is 5.50. The number of fused-ring (bicyclic) bond motifs is 1. The summed E-state index contributed by atoms with van der Waals surface area (Å²) in [6.45, 7) is 0.